The molecule has 1 fully saturated rings. The third kappa shape index (κ3) is 4.28. The Kier molecular flexibility index (Phi) is 5.87. The van der Waals surface area contributed by atoms with Gasteiger partial charge in [-0.3, -0.25) is 4.90 Å². The van der Waals surface area contributed by atoms with Gasteiger partial charge in [0.1, 0.15) is 5.82 Å². The van der Waals surface area contributed by atoms with Crippen molar-refractivity contribution in [3.05, 3.63) is 137 Å². The molecular formula is C34H33N3. The van der Waals surface area contributed by atoms with E-state index in [0.717, 1.165) is 31.6 Å². The lowest BCUT2D eigenvalue weighted by Gasteiger charge is -2.43. The van der Waals surface area contributed by atoms with Crippen LogP contribution in [0, 0.1) is 5.92 Å². The highest BCUT2D eigenvalue weighted by Gasteiger charge is 2.39. The largest absolute Gasteiger partial charge is 0.323 e. The molecule has 3 heteroatoms. The van der Waals surface area contributed by atoms with Crippen molar-refractivity contribution in [2.45, 2.75) is 44.3 Å². The van der Waals surface area contributed by atoms with Gasteiger partial charge in [-0.1, -0.05) is 97.1 Å². The standard InChI is InChI=1S/C34H33N3/c1-3-11-25(12-4-1)21-29-22-27(19-20-36(29)23-26-13-5-2-6-14-26)33-30-16-8-7-15-28(30)24-37-32-18-10-9-17-31(32)35-34(33)37/h1-18,27,29,33H,19-24H2. The number of benzene rings is 4. The molecule has 1 saturated heterocycles. The highest BCUT2D eigenvalue weighted by atomic mass is 15.2. The number of likely N-dealkylation sites (tertiary alicyclic amines) is 1. The summed E-state index contributed by atoms with van der Waals surface area (Å²) in [5, 5.41) is 0. The molecule has 0 saturated carbocycles. The van der Waals surface area contributed by atoms with Crippen LogP contribution in [0.1, 0.15) is 46.8 Å². The fraction of sp³-hybridized carbons (Fsp3) is 0.265. The van der Waals surface area contributed by atoms with Gasteiger partial charge in [0.25, 0.3) is 0 Å². The van der Waals surface area contributed by atoms with Crippen molar-refractivity contribution in [3.8, 4) is 0 Å². The Hall–Kier alpha value is -3.69. The lowest BCUT2D eigenvalue weighted by atomic mass is 9.74. The number of aromatic nitrogens is 2. The number of fused-ring (bicyclic) bond motifs is 4. The van der Waals surface area contributed by atoms with E-state index in [1.165, 1.54) is 46.4 Å². The minimum absolute atomic E-state index is 0.342. The minimum atomic E-state index is 0.342. The summed E-state index contributed by atoms with van der Waals surface area (Å²) in [7, 11) is 0. The van der Waals surface area contributed by atoms with E-state index in [9.17, 15) is 0 Å². The molecule has 184 valence electrons. The van der Waals surface area contributed by atoms with Crippen LogP contribution >= 0.6 is 0 Å². The molecule has 2 aliphatic rings. The van der Waals surface area contributed by atoms with Gasteiger partial charge in [-0.15, -0.1) is 0 Å². The van der Waals surface area contributed by atoms with Crippen LogP contribution < -0.4 is 0 Å². The molecule has 3 unspecified atom stereocenters. The number of para-hydroxylation sites is 2. The third-order valence-electron chi connectivity index (χ3n) is 8.57. The Labute approximate surface area is 219 Å². The first-order valence-corrected chi connectivity index (χ1v) is 13.7. The zero-order valence-electron chi connectivity index (χ0n) is 21.2. The van der Waals surface area contributed by atoms with Crippen LogP contribution in [-0.2, 0) is 19.5 Å². The Morgan fingerprint density at radius 2 is 1.43 bits per heavy atom. The molecule has 4 aromatic carbocycles. The first-order valence-electron chi connectivity index (χ1n) is 13.7. The molecule has 37 heavy (non-hydrogen) atoms. The van der Waals surface area contributed by atoms with Crippen molar-refractivity contribution in [2.24, 2.45) is 5.92 Å². The summed E-state index contributed by atoms with van der Waals surface area (Å²) in [6, 6.07) is 40.3. The van der Waals surface area contributed by atoms with E-state index in [0.29, 0.717) is 17.9 Å². The molecule has 3 heterocycles. The summed E-state index contributed by atoms with van der Waals surface area (Å²) in [5.41, 5.74) is 8.17. The molecular weight excluding hydrogens is 450 g/mol. The van der Waals surface area contributed by atoms with Crippen LogP contribution in [0.2, 0.25) is 0 Å². The first-order chi connectivity index (χ1) is 18.3. The number of imidazole rings is 1. The summed E-state index contributed by atoms with van der Waals surface area (Å²) in [6.45, 7) is 3.06. The predicted molar refractivity (Wildman–Crippen MR) is 151 cm³/mol. The predicted octanol–water partition coefficient (Wildman–Crippen LogP) is 7.05. The zero-order valence-corrected chi connectivity index (χ0v) is 21.2. The zero-order chi connectivity index (χ0) is 24.6. The Morgan fingerprint density at radius 1 is 0.730 bits per heavy atom. The second-order valence-electron chi connectivity index (χ2n) is 10.8. The Bertz CT molecular complexity index is 1500. The van der Waals surface area contributed by atoms with Gasteiger partial charge in [0, 0.05) is 25.0 Å². The SMILES string of the molecule is c1ccc(CC2CC(C3c4ccccc4Cn4c3nc3ccccc34)CCN2Cc2ccccc2)cc1. The van der Waals surface area contributed by atoms with E-state index in [1.54, 1.807) is 0 Å². The van der Waals surface area contributed by atoms with Crippen LogP contribution in [0.5, 0.6) is 0 Å². The van der Waals surface area contributed by atoms with Crippen molar-refractivity contribution >= 4 is 11.0 Å². The third-order valence-corrected chi connectivity index (χ3v) is 8.57. The van der Waals surface area contributed by atoms with E-state index < -0.39 is 0 Å². The summed E-state index contributed by atoms with van der Waals surface area (Å²) in [6.07, 6.45) is 3.47. The molecule has 0 amide bonds. The fourth-order valence-electron chi connectivity index (χ4n) is 6.81. The van der Waals surface area contributed by atoms with Gasteiger partial charge in [0.15, 0.2) is 0 Å². The van der Waals surface area contributed by atoms with E-state index in [1.807, 2.05) is 0 Å². The van der Waals surface area contributed by atoms with Gasteiger partial charge >= 0.3 is 0 Å². The van der Waals surface area contributed by atoms with Crippen molar-refractivity contribution in [1.29, 1.82) is 0 Å². The maximum absolute atomic E-state index is 5.25. The number of hydrogen-bond acceptors (Lipinski definition) is 2. The molecule has 0 N–H and O–H groups in total. The fourth-order valence-corrected chi connectivity index (χ4v) is 6.81. The number of rotatable bonds is 5. The van der Waals surface area contributed by atoms with Gasteiger partial charge in [0.2, 0.25) is 0 Å². The van der Waals surface area contributed by atoms with Crippen molar-refractivity contribution in [2.75, 3.05) is 6.54 Å². The van der Waals surface area contributed by atoms with Crippen LogP contribution in [0.25, 0.3) is 11.0 Å². The van der Waals surface area contributed by atoms with E-state index in [4.69, 9.17) is 4.98 Å². The van der Waals surface area contributed by atoms with Crippen LogP contribution in [0.15, 0.2) is 109 Å². The lowest BCUT2D eigenvalue weighted by molar-refractivity contribution is 0.0956. The maximum atomic E-state index is 5.25. The van der Waals surface area contributed by atoms with E-state index in [2.05, 4.69) is 119 Å². The molecule has 0 bridgehead atoms. The average Bonchev–Trinajstić information content (AvgIpc) is 3.32. The normalized spacial score (nSPS) is 21.5. The molecule has 3 atom stereocenters. The van der Waals surface area contributed by atoms with Gasteiger partial charge in [-0.2, -0.15) is 0 Å². The second-order valence-corrected chi connectivity index (χ2v) is 10.8. The highest BCUT2D eigenvalue weighted by Crippen LogP contribution is 2.44. The number of nitrogens with zero attached hydrogens (tertiary/aromatic N) is 3. The summed E-state index contributed by atoms with van der Waals surface area (Å²) >= 11 is 0. The summed E-state index contributed by atoms with van der Waals surface area (Å²) < 4.78 is 2.49. The van der Waals surface area contributed by atoms with Crippen LogP contribution in [-0.4, -0.2) is 27.0 Å². The van der Waals surface area contributed by atoms with Gasteiger partial charge in [0.05, 0.1) is 11.0 Å². The van der Waals surface area contributed by atoms with E-state index >= 15 is 0 Å². The lowest BCUT2D eigenvalue weighted by Crippen LogP contribution is -2.45. The first kappa shape index (κ1) is 22.5. The smallest absolute Gasteiger partial charge is 0.118 e. The molecule has 2 aliphatic heterocycles. The molecule has 3 nitrogen and oxygen atoms in total. The quantitative estimate of drug-likeness (QED) is 0.267. The van der Waals surface area contributed by atoms with Gasteiger partial charge < -0.3 is 4.57 Å². The van der Waals surface area contributed by atoms with Crippen molar-refractivity contribution < 1.29 is 0 Å². The molecule has 0 spiro atoms. The number of piperidine rings is 1. The van der Waals surface area contributed by atoms with Crippen molar-refractivity contribution in [3.63, 3.8) is 0 Å². The van der Waals surface area contributed by atoms with Crippen LogP contribution in [0.3, 0.4) is 0 Å². The Morgan fingerprint density at radius 3 is 2.27 bits per heavy atom. The topological polar surface area (TPSA) is 21.1 Å². The molecule has 5 aromatic rings. The molecule has 1 aromatic heterocycles. The van der Waals surface area contributed by atoms with Crippen LogP contribution in [0.4, 0.5) is 0 Å². The van der Waals surface area contributed by atoms with E-state index in [-0.39, 0.29) is 0 Å². The van der Waals surface area contributed by atoms with Gasteiger partial charge in [-0.25, -0.2) is 4.98 Å². The minimum Gasteiger partial charge on any atom is -0.323 e. The maximum Gasteiger partial charge on any atom is 0.118 e. The highest BCUT2D eigenvalue weighted by molar-refractivity contribution is 5.76. The van der Waals surface area contributed by atoms with Gasteiger partial charge in [-0.05, 0) is 66.1 Å². The average molecular weight is 484 g/mol. The summed E-state index contributed by atoms with van der Waals surface area (Å²) in [5.74, 6) is 2.17. The summed E-state index contributed by atoms with van der Waals surface area (Å²) in [4.78, 5) is 7.99. The van der Waals surface area contributed by atoms with Crippen molar-refractivity contribution in [1.82, 2.24) is 14.5 Å². The second kappa shape index (κ2) is 9.64. The number of hydrogen-bond donors (Lipinski definition) is 0. The monoisotopic (exact) mass is 483 g/mol. The molecule has 7 rings (SSSR count). The Balaban J connectivity index is 1.25. The molecule has 0 aliphatic carbocycles. The molecule has 0 radical (unpaired) electrons.